The van der Waals surface area contributed by atoms with Crippen molar-refractivity contribution in [1.82, 2.24) is 4.90 Å². The van der Waals surface area contributed by atoms with E-state index in [1.54, 1.807) is 27.9 Å². The van der Waals surface area contributed by atoms with Crippen LogP contribution in [0.3, 0.4) is 0 Å². The van der Waals surface area contributed by atoms with E-state index in [-0.39, 0.29) is 17.6 Å². The number of carbonyl (C=O) groups is 1. The number of carbonyl (C=O) groups excluding carboxylic acids is 1. The van der Waals surface area contributed by atoms with Gasteiger partial charge in [-0.15, -0.1) is 0 Å². The minimum absolute atomic E-state index is 0.0993. The van der Waals surface area contributed by atoms with E-state index in [4.69, 9.17) is 4.74 Å². The van der Waals surface area contributed by atoms with Crippen molar-refractivity contribution in [2.45, 2.75) is 44.8 Å². The number of amides is 1. The van der Waals surface area contributed by atoms with E-state index >= 15 is 0 Å². The number of piperidine rings is 1. The van der Waals surface area contributed by atoms with Gasteiger partial charge in [0.2, 0.25) is 5.91 Å². The Morgan fingerprint density at radius 3 is 2.20 bits per heavy atom. The molecule has 1 saturated heterocycles. The van der Waals surface area contributed by atoms with Gasteiger partial charge >= 0.3 is 0 Å². The summed E-state index contributed by atoms with van der Waals surface area (Å²) in [7, 11) is -1.49. The summed E-state index contributed by atoms with van der Waals surface area (Å²) in [6, 6.07) is 7.51. The van der Waals surface area contributed by atoms with Crippen LogP contribution in [0.15, 0.2) is 24.3 Å². The number of benzene rings is 1. The van der Waals surface area contributed by atoms with Crippen LogP contribution in [0.25, 0.3) is 0 Å². The first-order chi connectivity index (χ1) is 11.6. The summed E-state index contributed by atoms with van der Waals surface area (Å²) in [5, 5.41) is 0. The number of likely N-dealkylation sites (tertiary alicyclic amines) is 1. The van der Waals surface area contributed by atoms with E-state index in [0.29, 0.717) is 19.5 Å². The SMILES string of the molecule is COc1ccc(CC(=O)N2CCC(CS(=O)(=O)C(C)(C)C)CC2)cc1. The minimum atomic E-state index is -3.11. The van der Waals surface area contributed by atoms with Gasteiger partial charge in [0.1, 0.15) is 5.75 Å². The van der Waals surface area contributed by atoms with Gasteiger partial charge in [0.25, 0.3) is 0 Å². The fourth-order valence-electron chi connectivity index (χ4n) is 2.94. The molecule has 0 saturated carbocycles. The lowest BCUT2D eigenvalue weighted by atomic mass is 9.98. The van der Waals surface area contributed by atoms with Crippen molar-refractivity contribution in [3.05, 3.63) is 29.8 Å². The second kappa shape index (κ2) is 7.77. The fraction of sp³-hybridized carbons (Fsp3) is 0.632. The summed E-state index contributed by atoms with van der Waals surface area (Å²) in [5.41, 5.74) is 0.961. The summed E-state index contributed by atoms with van der Waals surface area (Å²) >= 11 is 0. The molecule has 140 valence electrons. The molecule has 5 nitrogen and oxygen atoms in total. The zero-order valence-electron chi connectivity index (χ0n) is 15.6. The highest BCUT2D eigenvalue weighted by atomic mass is 32.2. The fourth-order valence-corrected chi connectivity index (χ4v) is 4.39. The molecule has 0 atom stereocenters. The van der Waals surface area contributed by atoms with Gasteiger partial charge in [-0.2, -0.15) is 0 Å². The predicted molar refractivity (Wildman–Crippen MR) is 99.5 cm³/mol. The Bertz CT molecular complexity index is 681. The molecule has 0 N–H and O–H groups in total. The first kappa shape index (κ1) is 19.8. The summed E-state index contributed by atoms with van der Waals surface area (Å²) in [6.07, 6.45) is 1.88. The number of rotatable bonds is 5. The van der Waals surface area contributed by atoms with E-state index in [0.717, 1.165) is 24.2 Å². The highest BCUT2D eigenvalue weighted by molar-refractivity contribution is 7.92. The second-order valence-electron chi connectivity index (χ2n) is 7.74. The number of sulfone groups is 1. The van der Waals surface area contributed by atoms with Crippen LogP contribution >= 0.6 is 0 Å². The number of nitrogens with zero attached hydrogens (tertiary/aromatic N) is 1. The Kier molecular flexibility index (Phi) is 6.14. The van der Waals surface area contributed by atoms with Gasteiger partial charge in [-0.05, 0) is 57.2 Å². The molecule has 1 aromatic rings. The van der Waals surface area contributed by atoms with E-state index in [2.05, 4.69) is 0 Å². The molecule has 0 unspecified atom stereocenters. The van der Waals surface area contributed by atoms with Crippen molar-refractivity contribution in [2.75, 3.05) is 26.0 Å². The maximum Gasteiger partial charge on any atom is 0.226 e. The predicted octanol–water partition coefficient (Wildman–Crippen LogP) is 2.69. The van der Waals surface area contributed by atoms with Crippen LogP contribution in [0.4, 0.5) is 0 Å². The molecule has 25 heavy (non-hydrogen) atoms. The van der Waals surface area contributed by atoms with Gasteiger partial charge in [-0.1, -0.05) is 12.1 Å². The van der Waals surface area contributed by atoms with E-state index in [1.165, 1.54) is 0 Å². The quantitative estimate of drug-likeness (QED) is 0.803. The van der Waals surface area contributed by atoms with Crippen molar-refractivity contribution in [1.29, 1.82) is 0 Å². The molecule has 0 bridgehead atoms. The van der Waals surface area contributed by atoms with Gasteiger partial charge < -0.3 is 9.64 Å². The van der Waals surface area contributed by atoms with Gasteiger partial charge in [-0.25, -0.2) is 8.42 Å². The van der Waals surface area contributed by atoms with Crippen molar-refractivity contribution in [2.24, 2.45) is 5.92 Å². The number of hydrogen-bond acceptors (Lipinski definition) is 4. The number of methoxy groups -OCH3 is 1. The molecule has 1 amide bonds. The van der Waals surface area contributed by atoms with Crippen molar-refractivity contribution >= 4 is 15.7 Å². The monoisotopic (exact) mass is 367 g/mol. The summed E-state index contributed by atoms with van der Waals surface area (Å²) in [5.74, 6) is 1.24. The first-order valence-electron chi connectivity index (χ1n) is 8.75. The third-order valence-corrected chi connectivity index (χ3v) is 7.65. The van der Waals surface area contributed by atoms with Crippen molar-refractivity contribution in [3.8, 4) is 5.75 Å². The molecular weight excluding hydrogens is 338 g/mol. The molecule has 1 heterocycles. The van der Waals surface area contributed by atoms with E-state index in [9.17, 15) is 13.2 Å². The third kappa shape index (κ3) is 5.21. The highest BCUT2D eigenvalue weighted by Gasteiger charge is 2.33. The van der Waals surface area contributed by atoms with Crippen molar-refractivity contribution < 1.29 is 17.9 Å². The molecule has 1 aromatic carbocycles. The van der Waals surface area contributed by atoms with E-state index < -0.39 is 14.6 Å². The Balaban J connectivity index is 1.85. The lowest BCUT2D eigenvalue weighted by Crippen LogP contribution is -2.42. The number of hydrogen-bond donors (Lipinski definition) is 0. The average Bonchev–Trinajstić information content (AvgIpc) is 2.55. The molecule has 1 aliphatic heterocycles. The average molecular weight is 368 g/mol. The van der Waals surface area contributed by atoms with Gasteiger partial charge in [-0.3, -0.25) is 4.79 Å². The molecule has 6 heteroatoms. The maximum absolute atomic E-state index is 12.4. The Morgan fingerprint density at radius 1 is 1.16 bits per heavy atom. The largest absolute Gasteiger partial charge is 0.497 e. The van der Waals surface area contributed by atoms with Crippen LogP contribution in [0.1, 0.15) is 39.2 Å². The topological polar surface area (TPSA) is 63.7 Å². The lowest BCUT2D eigenvalue weighted by molar-refractivity contribution is -0.131. The smallest absolute Gasteiger partial charge is 0.226 e. The molecule has 0 spiro atoms. The van der Waals surface area contributed by atoms with Gasteiger partial charge in [0.15, 0.2) is 9.84 Å². The third-order valence-electron chi connectivity index (χ3n) is 4.87. The Labute approximate surface area is 151 Å². The molecule has 0 radical (unpaired) electrons. The lowest BCUT2D eigenvalue weighted by Gasteiger charge is -2.33. The normalized spacial score (nSPS) is 16.7. The Morgan fingerprint density at radius 2 is 1.72 bits per heavy atom. The molecular formula is C19H29NO4S. The minimum Gasteiger partial charge on any atom is -0.497 e. The van der Waals surface area contributed by atoms with Crippen LogP contribution in [-0.4, -0.2) is 49.9 Å². The summed E-state index contributed by atoms with van der Waals surface area (Å²) in [6.45, 7) is 6.51. The number of ether oxygens (including phenoxy) is 1. The van der Waals surface area contributed by atoms with Gasteiger partial charge in [0, 0.05) is 13.1 Å². The van der Waals surface area contributed by atoms with Crippen LogP contribution in [0, 0.1) is 5.92 Å². The van der Waals surface area contributed by atoms with Gasteiger partial charge in [0.05, 0.1) is 24.0 Å². The Hall–Kier alpha value is -1.56. The molecule has 2 rings (SSSR count). The van der Waals surface area contributed by atoms with Crippen LogP contribution in [0.2, 0.25) is 0 Å². The zero-order chi connectivity index (χ0) is 18.7. The molecule has 1 fully saturated rings. The standard InChI is InChI=1S/C19H29NO4S/c1-19(2,3)25(22,23)14-16-9-11-20(12-10-16)18(21)13-15-5-7-17(24-4)8-6-15/h5-8,16H,9-14H2,1-4H3. The summed E-state index contributed by atoms with van der Waals surface area (Å²) < 4.78 is 29.1. The highest BCUT2D eigenvalue weighted by Crippen LogP contribution is 2.25. The van der Waals surface area contributed by atoms with Crippen molar-refractivity contribution in [3.63, 3.8) is 0 Å². The first-order valence-corrected chi connectivity index (χ1v) is 10.4. The van der Waals surface area contributed by atoms with Crippen LogP contribution < -0.4 is 4.74 Å². The second-order valence-corrected chi connectivity index (χ2v) is 10.5. The van der Waals surface area contributed by atoms with E-state index in [1.807, 2.05) is 29.2 Å². The van der Waals surface area contributed by atoms with Crippen LogP contribution in [0.5, 0.6) is 5.75 Å². The van der Waals surface area contributed by atoms with Crippen LogP contribution in [-0.2, 0) is 21.1 Å². The maximum atomic E-state index is 12.4. The molecule has 0 aliphatic carbocycles. The summed E-state index contributed by atoms with van der Waals surface area (Å²) in [4.78, 5) is 14.3. The molecule has 0 aromatic heterocycles. The zero-order valence-corrected chi connectivity index (χ0v) is 16.4. The molecule has 1 aliphatic rings.